The molecule has 0 atom stereocenters. The molecule has 0 unspecified atom stereocenters. The minimum Gasteiger partial charge on any atom is -0.494 e. The van der Waals surface area contributed by atoms with Crippen molar-refractivity contribution in [3.05, 3.63) is 64.1 Å². The van der Waals surface area contributed by atoms with Gasteiger partial charge >= 0.3 is 0 Å². The Morgan fingerprint density at radius 2 is 1.73 bits per heavy atom. The molecule has 30 heavy (non-hydrogen) atoms. The van der Waals surface area contributed by atoms with Crippen molar-refractivity contribution in [2.24, 2.45) is 0 Å². The zero-order valence-corrected chi connectivity index (χ0v) is 18.8. The Hall–Kier alpha value is -2.06. The zero-order chi connectivity index (χ0) is 21.7. The Balaban J connectivity index is 1.60. The highest BCUT2D eigenvalue weighted by atomic mass is 35.5. The number of rotatable bonds is 6. The summed E-state index contributed by atoms with van der Waals surface area (Å²) in [6, 6.07) is 11.9. The number of nitrogens with zero attached hydrogens (tertiary/aromatic N) is 2. The average molecular weight is 469 g/mol. The first-order valence-electron chi connectivity index (χ1n) is 9.47. The summed E-state index contributed by atoms with van der Waals surface area (Å²) in [4.78, 5) is 14.1. The van der Waals surface area contributed by atoms with E-state index in [0.29, 0.717) is 19.7 Å². The number of hydrogen-bond donors (Lipinski definition) is 0. The molecule has 1 amide bonds. The Morgan fingerprint density at radius 3 is 2.37 bits per heavy atom. The van der Waals surface area contributed by atoms with Gasteiger partial charge in [0, 0.05) is 32.3 Å². The standard InChI is InChI=1S/C21H22Cl2N2O4S/c1-2-29-17-9-6-16(7-10-17)8-11-20(26)24-12-14-25(15-13-24)30(27,28)19-5-3-4-18(22)21(19)23/h3-11H,2,12-15H2,1H3/b11-8+. The monoisotopic (exact) mass is 468 g/mol. The molecule has 2 aromatic carbocycles. The van der Waals surface area contributed by atoms with Crippen molar-refractivity contribution >= 4 is 45.2 Å². The predicted molar refractivity (Wildman–Crippen MR) is 118 cm³/mol. The summed E-state index contributed by atoms with van der Waals surface area (Å²) in [5.41, 5.74) is 0.878. The van der Waals surface area contributed by atoms with Gasteiger partial charge in [0.05, 0.1) is 16.7 Å². The molecule has 6 nitrogen and oxygen atoms in total. The van der Waals surface area contributed by atoms with Gasteiger partial charge in [-0.1, -0.05) is 41.4 Å². The van der Waals surface area contributed by atoms with Gasteiger partial charge in [-0.3, -0.25) is 4.79 Å². The Labute approximate surface area is 186 Å². The van der Waals surface area contributed by atoms with Crippen LogP contribution in [0.25, 0.3) is 6.08 Å². The Morgan fingerprint density at radius 1 is 1.07 bits per heavy atom. The molecular weight excluding hydrogens is 447 g/mol. The maximum atomic E-state index is 12.9. The van der Waals surface area contributed by atoms with E-state index in [0.717, 1.165) is 11.3 Å². The summed E-state index contributed by atoms with van der Waals surface area (Å²) in [5, 5.41) is 0.196. The molecule has 1 saturated heterocycles. The summed E-state index contributed by atoms with van der Waals surface area (Å²) >= 11 is 12.0. The van der Waals surface area contributed by atoms with Crippen molar-refractivity contribution in [3.63, 3.8) is 0 Å². The summed E-state index contributed by atoms with van der Waals surface area (Å²) < 4.78 is 32.5. The number of ether oxygens (including phenoxy) is 1. The first kappa shape index (κ1) is 22.6. The van der Waals surface area contributed by atoms with E-state index in [4.69, 9.17) is 27.9 Å². The number of benzene rings is 2. The second kappa shape index (κ2) is 9.83. The van der Waals surface area contributed by atoms with Crippen LogP contribution in [0.3, 0.4) is 0 Å². The molecule has 160 valence electrons. The molecule has 0 N–H and O–H groups in total. The van der Waals surface area contributed by atoms with E-state index < -0.39 is 10.0 Å². The third kappa shape index (κ3) is 5.16. The van der Waals surface area contributed by atoms with E-state index in [1.54, 1.807) is 17.0 Å². The topological polar surface area (TPSA) is 66.9 Å². The molecule has 9 heteroatoms. The first-order chi connectivity index (χ1) is 14.3. The van der Waals surface area contributed by atoms with Gasteiger partial charge in [-0.15, -0.1) is 0 Å². The maximum Gasteiger partial charge on any atom is 0.246 e. The number of hydrogen-bond acceptors (Lipinski definition) is 4. The average Bonchev–Trinajstić information content (AvgIpc) is 2.75. The van der Waals surface area contributed by atoms with Gasteiger partial charge in [-0.05, 0) is 42.8 Å². The number of carbonyl (C=O) groups is 1. The minimum atomic E-state index is -3.78. The van der Waals surface area contributed by atoms with Crippen molar-refractivity contribution in [2.45, 2.75) is 11.8 Å². The lowest BCUT2D eigenvalue weighted by molar-refractivity contribution is -0.127. The molecule has 0 spiro atoms. The van der Waals surface area contributed by atoms with Crippen molar-refractivity contribution in [1.82, 2.24) is 9.21 Å². The van der Waals surface area contributed by atoms with E-state index in [-0.39, 0.29) is 33.9 Å². The molecular formula is C21H22Cl2N2O4S. The van der Waals surface area contributed by atoms with Crippen LogP contribution in [0, 0.1) is 0 Å². The largest absolute Gasteiger partial charge is 0.494 e. The molecule has 0 radical (unpaired) electrons. The number of piperazine rings is 1. The van der Waals surface area contributed by atoms with Crippen molar-refractivity contribution in [3.8, 4) is 5.75 Å². The fourth-order valence-corrected chi connectivity index (χ4v) is 5.24. The van der Waals surface area contributed by atoms with Gasteiger partial charge in [-0.25, -0.2) is 8.42 Å². The maximum absolute atomic E-state index is 12.9. The number of halogens is 2. The minimum absolute atomic E-state index is 0.0101. The molecule has 1 aliphatic heterocycles. The lowest BCUT2D eigenvalue weighted by Crippen LogP contribution is -2.50. The van der Waals surface area contributed by atoms with E-state index >= 15 is 0 Å². The van der Waals surface area contributed by atoms with Crippen LogP contribution in [-0.2, 0) is 14.8 Å². The molecule has 0 aromatic heterocycles. The van der Waals surface area contributed by atoms with Gasteiger partial charge in [0.25, 0.3) is 0 Å². The SMILES string of the molecule is CCOc1ccc(/C=C/C(=O)N2CCN(S(=O)(=O)c3cccc(Cl)c3Cl)CC2)cc1. The summed E-state index contributed by atoms with van der Waals surface area (Å²) in [6.07, 6.45) is 3.22. The number of amides is 1. The molecule has 3 rings (SSSR count). The van der Waals surface area contributed by atoms with Crippen LogP contribution in [0.2, 0.25) is 10.0 Å². The van der Waals surface area contributed by atoms with Crippen LogP contribution in [0.4, 0.5) is 0 Å². The molecule has 1 fully saturated rings. The quantitative estimate of drug-likeness (QED) is 0.602. The Kier molecular flexibility index (Phi) is 7.41. The molecule has 0 aliphatic carbocycles. The van der Waals surface area contributed by atoms with E-state index in [2.05, 4.69) is 0 Å². The highest BCUT2D eigenvalue weighted by Crippen LogP contribution is 2.31. The van der Waals surface area contributed by atoms with Crippen LogP contribution >= 0.6 is 23.2 Å². The van der Waals surface area contributed by atoms with Crippen LogP contribution in [0.5, 0.6) is 5.75 Å². The van der Waals surface area contributed by atoms with Crippen LogP contribution < -0.4 is 4.74 Å². The Bertz CT molecular complexity index is 1030. The third-order valence-corrected chi connectivity index (χ3v) is 7.57. The highest BCUT2D eigenvalue weighted by molar-refractivity contribution is 7.89. The van der Waals surface area contributed by atoms with E-state index in [1.165, 1.54) is 22.5 Å². The lowest BCUT2D eigenvalue weighted by Gasteiger charge is -2.33. The zero-order valence-electron chi connectivity index (χ0n) is 16.4. The fraction of sp³-hybridized carbons (Fsp3) is 0.286. The van der Waals surface area contributed by atoms with Gasteiger partial charge in [0.15, 0.2) is 0 Å². The third-order valence-electron chi connectivity index (χ3n) is 4.69. The second-order valence-corrected chi connectivity index (χ2v) is 9.31. The van der Waals surface area contributed by atoms with Crippen molar-refractivity contribution in [2.75, 3.05) is 32.8 Å². The summed E-state index contributed by atoms with van der Waals surface area (Å²) in [6.45, 7) is 3.48. The summed E-state index contributed by atoms with van der Waals surface area (Å²) in [5.74, 6) is 0.611. The van der Waals surface area contributed by atoms with Gasteiger partial charge in [-0.2, -0.15) is 4.31 Å². The smallest absolute Gasteiger partial charge is 0.246 e. The van der Waals surface area contributed by atoms with Crippen LogP contribution in [0.1, 0.15) is 12.5 Å². The van der Waals surface area contributed by atoms with E-state index in [9.17, 15) is 13.2 Å². The normalized spacial score (nSPS) is 15.5. The number of sulfonamides is 1. The highest BCUT2D eigenvalue weighted by Gasteiger charge is 2.31. The molecule has 2 aromatic rings. The number of carbonyl (C=O) groups excluding carboxylic acids is 1. The first-order valence-corrected chi connectivity index (χ1v) is 11.7. The van der Waals surface area contributed by atoms with Gasteiger partial charge in [0.1, 0.15) is 10.6 Å². The fourth-order valence-electron chi connectivity index (χ4n) is 3.09. The second-order valence-electron chi connectivity index (χ2n) is 6.62. The molecule has 1 aliphatic rings. The van der Waals surface area contributed by atoms with Crippen LogP contribution in [-0.4, -0.2) is 56.3 Å². The van der Waals surface area contributed by atoms with Crippen LogP contribution in [0.15, 0.2) is 53.4 Å². The van der Waals surface area contributed by atoms with E-state index in [1.807, 2.05) is 31.2 Å². The van der Waals surface area contributed by atoms with Crippen molar-refractivity contribution in [1.29, 1.82) is 0 Å². The molecule has 0 bridgehead atoms. The lowest BCUT2D eigenvalue weighted by atomic mass is 10.2. The van der Waals surface area contributed by atoms with Gasteiger partial charge in [0.2, 0.25) is 15.9 Å². The predicted octanol–water partition coefficient (Wildman–Crippen LogP) is 3.94. The molecule has 0 saturated carbocycles. The van der Waals surface area contributed by atoms with Crippen molar-refractivity contribution < 1.29 is 17.9 Å². The van der Waals surface area contributed by atoms with Gasteiger partial charge < -0.3 is 9.64 Å². The molecule has 1 heterocycles. The summed E-state index contributed by atoms with van der Waals surface area (Å²) in [7, 11) is -3.78.